The number of likely N-dealkylation sites (N-methyl/N-ethyl adjacent to an activating group) is 1. The highest BCUT2D eigenvalue weighted by molar-refractivity contribution is 6.26. The van der Waals surface area contributed by atoms with Gasteiger partial charge in [-0.3, -0.25) is 19.2 Å². The Bertz CT molecular complexity index is 2560. The highest BCUT2D eigenvalue weighted by Crippen LogP contribution is 2.48. The van der Waals surface area contributed by atoms with Crippen molar-refractivity contribution >= 4 is 56.3 Å². The van der Waals surface area contributed by atoms with Gasteiger partial charge in [-0.2, -0.15) is 0 Å². The summed E-state index contributed by atoms with van der Waals surface area (Å²) in [6, 6.07) is 5.07. The second-order valence-corrected chi connectivity index (χ2v) is 16.8. The summed E-state index contributed by atoms with van der Waals surface area (Å²) in [5.41, 5.74) is -0.189. The Morgan fingerprint density at radius 2 is 1.79 bits per heavy atom. The molecule has 2 aliphatic heterocycles. The number of anilines is 1. The fourth-order valence-corrected chi connectivity index (χ4v) is 8.45. The summed E-state index contributed by atoms with van der Waals surface area (Å²) < 4.78 is 36.2. The zero-order chi connectivity index (χ0) is 45.9. The molecule has 0 saturated heterocycles. The number of amides is 1. The number of carbonyl (C=O) groups is 3. The lowest BCUT2D eigenvalue weighted by Gasteiger charge is -2.33. The number of allylic oxidation sites excluding steroid dienone is 3. The van der Waals surface area contributed by atoms with Crippen molar-refractivity contribution < 1.29 is 52.7 Å². The van der Waals surface area contributed by atoms with Crippen LogP contribution in [0.3, 0.4) is 0 Å². The Labute approximate surface area is 366 Å². The molecule has 338 valence electrons. The Hall–Kier alpha value is -5.77. The van der Waals surface area contributed by atoms with Crippen LogP contribution in [0, 0.1) is 24.7 Å². The van der Waals surface area contributed by atoms with Crippen molar-refractivity contribution in [2.75, 3.05) is 38.7 Å². The predicted octanol–water partition coefficient (Wildman–Crippen LogP) is 7.50. The molecule has 1 amide bonds. The average Bonchev–Trinajstić information content (AvgIpc) is 3.50. The van der Waals surface area contributed by atoms with Crippen molar-refractivity contribution in [1.82, 2.24) is 9.88 Å². The monoisotopic (exact) mass is 869 g/mol. The van der Waals surface area contributed by atoms with E-state index >= 15 is 0 Å². The number of aliphatic hydroxyl groups excluding tert-OH is 1. The minimum Gasteiger partial charge on any atom is -0.505 e. The van der Waals surface area contributed by atoms with E-state index in [1.165, 1.54) is 40.2 Å². The lowest BCUT2D eigenvalue weighted by atomic mass is 9.86. The third-order valence-corrected chi connectivity index (χ3v) is 12.0. The number of hydrogen-bond donors (Lipinski definition) is 3. The number of nitrogens with zero attached hydrogens (tertiary/aromatic N) is 2. The zero-order valence-electron chi connectivity index (χ0n) is 37.7. The van der Waals surface area contributed by atoms with Crippen molar-refractivity contribution in [1.29, 1.82) is 0 Å². The maximum atomic E-state index is 14.7. The van der Waals surface area contributed by atoms with Crippen molar-refractivity contribution in [2.24, 2.45) is 17.8 Å². The van der Waals surface area contributed by atoms with E-state index in [0.717, 1.165) is 13.1 Å². The Kier molecular flexibility index (Phi) is 14.3. The molecule has 3 aromatic carbocycles. The number of Topliss-reactive ketones (excluding diaryl/α,β-unsaturated/α-hetero) is 1. The minimum absolute atomic E-state index is 0.000462. The molecule has 0 aliphatic carbocycles. The Morgan fingerprint density at radius 1 is 1.06 bits per heavy atom. The number of ether oxygens (including phenoxy) is 5. The number of methoxy groups -OCH3 is 1. The molecule has 1 aromatic heterocycles. The molecule has 0 fully saturated rings. The molecule has 2 aliphatic rings. The first-order chi connectivity index (χ1) is 29.9. The van der Waals surface area contributed by atoms with Crippen LogP contribution >= 0.6 is 0 Å². The van der Waals surface area contributed by atoms with E-state index in [9.17, 15) is 29.4 Å². The molecule has 3 heterocycles. The molecular formula is C48H59N3O12. The first-order valence-electron chi connectivity index (χ1n) is 21.5. The number of carbonyl (C=O) groups excluding carboxylic acids is 3. The summed E-state index contributed by atoms with van der Waals surface area (Å²) in [5, 5.41) is 26.0. The molecule has 4 aromatic rings. The molecular weight excluding hydrogens is 811 g/mol. The molecule has 3 N–H and O–H groups in total. The van der Waals surface area contributed by atoms with Crippen molar-refractivity contribution in [2.45, 2.75) is 99.3 Å². The number of aromatic nitrogens is 1. The molecule has 63 heavy (non-hydrogen) atoms. The van der Waals surface area contributed by atoms with Gasteiger partial charge in [-0.25, -0.2) is 4.98 Å². The van der Waals surface area contributed by atoms with Gasteiger partial charge in [0.15, 0.2) is 22.3 Å². The topological polar surface area (TPSA) is 196 Å². The van der Waals surface area contributed by atoms with Crippen molar-refractivity contribution in [3.05, 3.63) is 75.7 Å². The van der Waals surface area contributed by atoms with Crippen LogP contribution in [0.5, 0.6) is 17.2 Å². The van der Waals surface area contributed by atoms with Gasteiger partial charge in [-0.05, 0) is 69.8 Å². The number of nitrogens with one attached hydrogen (secondary N) is 1. The first-order valence-corrected chi connectivity index (χ1v) is 21.5. The summed E-state index contributed by atoms with van der Waals surface area (Å²) in [6.45, 7) is 18.6. The maximum Gasteiger partial charge on any atom is 0.312 e. The fourth-order valence-electron chi connectivity index (χ4n) is 8.45. The van der Waals surface area contributed by atoms with Gasteiger partial charge in [-0.1, -0.05) is 52.8 Å². The number of phenolic OH excluding ortho intramolecular Hbond substituents is 1. The van der Waals surface area contributed by atoms with E-state index in [1.807, 2.05) is 19.9 Å². The molecule has 0 radical (unpaired) electrons. The van der Waals surface area contributed by atoms with Crippen molar-refractivity contribution in [3.63, 3.8) is 0 Å². The van der Waals surface area contributed by atoms with Crippen LogP contribution in [-0.4, -0.2) is 95.2 Å². The van der Waals surface area contributed by atoms with Gasteiger partial charge >= 0.3 is 11.8 Å². The molecule has 3 unspecified atom stereocenters. The number of phenols is 1. The minimum atomic E-state index is -2.02. The summed E-state index contributed by atoms with van der Waals surface area (Å²) in [4.78, 5) is 62.3. The van der Waals surface area contributed by atoms with E-state index in [0.29, 0.717) is 37.3 Å². The van der Waals surface area contributed by atoms with Gasteiger partial charge in [0.05, 0.1) is 29.4 Å². The lowest BCUT2D eigenvalue weighted by Crippen LogP contribution is -2.42. The number of rotatable bonds is 8. The van der Waals surface area contributed by atoms with Crippen LogP contribution in [0.2, 0.25) is 0 Å². The summed E-state index contributed by atoms with van der Waals surface area (Å²) in [5.74, 6) is -4.61. The van der Waals surface area contributed by atoms with Gasteiger partial charge in [0.1, 0.15) is 40.9 Å². The maximum absolute atomic E-state index is 14.7. The Morgan fingerprint density at radius 3 is 2.48 bits per heavy atom. The number of esters is 1. The van der Waals surface area contributed by atoms with Gasteiger partial charge in [-0.15, -0.1) is 0 Å². The molecule has 5 bridgehead atoms. The predicted molar refractivity (Wildman–Crippen MR) is 239 cm³/mol. The van der Waals surface area contributed by atoms with Crippen LogP contribution < -0.4 is 20.2 Å². The molecule has 0 spiro atoms. The lowest BCUT2D eigenvalue weighted by molar-refractivity contribution is -0.160. The van der Waals surface area contributed by atoms with E-state index < -0.39 is 58.9 Å². The number of aromatic hydroxyl groups is 1. The molecule has 7 atom stereocenters. The number of fused-ring (bicyclic) bond motifs is 5. The highest BCUT2D eigenvalue weighted by atomic mass is 16.7. The fraction of sp³-hybridized carbons (Fsp3) is 0.479. The number of benzene rings is 3. The third-order valence-electron chi connectivity index (χ3n) is 12.0. The smallest absolute Gasteiger partial charge is 0.312 e. The van der Waals surface area contributed by atoms with Crippen LogP contribution in [-0.2, 0) is 23.8 Å². The standard InChI is InChI=1S/C48H59N3O12/c1-11-51(12-2)19-21-59-31-16-17-32-35(24-31)62-45-39(49-32)36-37-41(54)29(7)44-38(36)46(56)48(9,63-44)60-20-18-34(58-10)28(6)43(61-30(8)52)33(53)23-26(4)22-25(3)14-13-15-27(5)47(57)50-40(45)42(37)55/h13-18,20,24-26,28,33-34,43,53,55H,11-12,19,21-23H2,1-10H3,(H,50,57)/b14-13+,20-18+,27-15-/t25?,26-,28-,33?,34+,43?,48+/m1/s1. The SMILES string of the molecule is CCN(CC)CCOc1ccc2nc3c(oc2c1)c1c(O)c2c(=O)c(C)c4c(c23)C(=O)[C@@](C)(O/C=C/[C@H](OC)[C@@H](C)C(OC(C)=O)C(O)C[C@H](C)CC(C)/C=C/C=C(/C)C(=O)N1)O4. The van der Waals surface area contributed by atoms with Crippen molar-refractivity contribution in [3.8, 4) is 17.2 Å². The normalized spacial score (nSPS) is 26.6. The van der Waals surface area contributed by atoms with Gasteiger partial charge in [0.25, 0.3) is 11.7 Å². The van der Waals surface area contributed by atoms with E-state index in [-0.39, 0.29) is 67.4 Å². The summed E-state index contributed by atoms with van der Waals surface area (Å²) in [6.07, 6.45) is 6.31. The zero-order valence-corrected chi connectivity index (χ0v) is 37.7. The summed E-state index contributed by atoms with van der Waals surface area (Å²) in [7, 11) is 1.46. The Balaban J connectivity index is 1.55. The first kappa shape index (κ1) is 46.7. The number of hydrogen-bond acceptors (Lipinski definition) is 14. The van der Waals surface area contributed by atoms with Gasteiger partial charge < -0.3 is 48.5 Å². The van der Waals surface area contributed by atoms with Gasteiger partial charge in [0, 0.05) is 56.0 Å². The van der Waals surface area contributed by atoms with Gasteiger partial charge in [0.2, 0.25) is 0 Å². The molecule has 0 saturated carbocycles. The number of ketones is 1. The average molecular weight is 870 g/mol. The van der Waals surface area contributed by atoms with E-state index in [4.69, 9.17) is 33.1 Å². The molecule has 15 heteroatoms. The van der Waals surface area contributed by atoms with Crippen LogP contribution in [0.25, 0.3) is 33.0 Å². The van der Waals surface area contributed by atoms with Crippen LogP contribution in [0.4, 0.5) is 5.69 Å². The molecule has 6 rings (SSSR count). The largest absolute Gasteiger partial charge is 0.505 e. The second kappa shape index (κ2) is 19.3. The quantitative estimate of drug-likeness (QED) is 0.0681. The second-order valence-electron chi connectivity index (χ2n) is 16.8. The van der Waals surface area contributed by atoms with E-state index in [2.05, 4.69) is 24.1 Å². The highest BCUT2D eigenvalue weighted by Gasteiger charge is 2.49. The van der Waals surface area contributed by atoms with E-state index in [1.54, 1.807) is 44.2 Å². The van der Waals surface area contributed by atoms with Crippen LogP contribution in [0.1, 0.15) is 84.2 Å². The summed E-state index contributed by atoms with van der Waals surface area (Å²) >= 11 is 0. The molecule has 15 nitrogen and oxygen atoms in total. The van der Waals surface area contributed by atoms with Crippen LogP contribution in [0.15, 0.2) is 63.6 Å². The third kappa shape index (κ3) is 9.60. The number of aliphatic hydroxyl groups is 1.